The van der Waals surface area contributed by atoms with Gasteiger partial charge in [-0.2, -0.15) is 0 Å². The predicted octanol–water partition coefficient (Wildman–Crippen LogP) is 3.75. The number of nitrogens with zero attached hydrogens (tertiary/aromatic N) is 1. The number of aromatic amines is 1. The van der Waals surface area contributed by atoms with E-state index >= 15 is 0 Å². The topological polar surface area (TPSA) is 62.3 Å². The summed E-state index contributed by atoms with van der Waals surface area (Å²) in [7, 11) is 0. The number of hydrogen-bond donors (Lipinski definition) is 1. The van der Waals surface area contributed by atoms with Crippen LogP contribution < -0.4 is 0 Å². The van der Waals surface area contributed by atoms with Gasteiger partial charge in [0.2, 0.25) is 0 Å². The Bertz CT molecular complexity index is 794. The maximum atomic E-state index is 12.3. The molecule has 4 heteroatoms. The second kappa shape index (κ2) is 6.34. The molecule has 1 aromatic carbocycles. The van der Waals surface area contributed by atoms with Crippen molar-refractivity contribution in [2.45, 2.75) is 40.0 Å². The van der Waals surface area contributed by atoms with E-state index in [2.05, 4.69) is 22.1 Å². The molecule has 0 bridgehead atoms. The first-order valence-corrected chi connectivity index (χ1v) is 8.49. The summed E-state index contributed by atoms with van der Waals surface area (Å²) >= 11 is 0. The summed E-state index contributed by atoms with van der Waals surface area (Å²) < 4.78 is 0. The van der Waals surface area contributed by atoms with E-state index in [0.717, 1.165) is 11.9 Å². The van der Waals surface area contributed by atoms with E-state index in [-0.39, 0.29) is 17.0 Å². The van der Waals surface area contributed by atoms with Crippen LogP contribution in [-0.2, 0) is 16.0 Å². The molecule has 1 heterocycles. The minimum Gasteiger partial charge on any atom is -0.361 e. The molecule has 24 heavy (non-hydrogen) atoms. The molecule has 1 saturated carbocycles. The largest absolute Gasteiger partial charge is 0.361 e. The first-order valence-electron chi connectivity index (χ1n) is 8.49. The van der Waals surface area contributed by atoms with Crippen molar-refractivity contribution in [3.63, 3.8) is 0 Å². The number of fused-ring (bicyclic) bond motifs is 1. The van der Waals surface area contributed by atoms with Crippen molar-refractivity contribution in [1.29, 1.82) is 0 Å². The number of Topliss-reactive ketones (excluding diaryl/α,β-unsaturated/α-hetero) is 2. The smallest absolute Gasteiger partial charge is 0.149 e. The third-order valence-electron chi connectivity index (χ3n) is 4.78. The Kier molecular flexibility index (Phi) is 4.39. The predicted molar refractivity (Wildman–Crippen MR) is 96.5 cm³/mol. The molecule has 0 spiro atoms. The van der Waals surface area contributed by atoms with E-state index in [0.29, 0.717) is 25.1 Å². The van der Waals surface area contributed by atoms with E-state index in [4.69, 9.17) is 0 Å². The zero-order chi connectivity index (χ0) is 17.3. The summed E-state index contributed by atoms with van der Waals surface area (Å²) in [6, 6.07) is 8.17. The Morgan fingerprint density at radius 1 is 1.21 bits per heavy atom. The number of benzene rings is 1. The number of carbonyl (C=O) groups excluding carboxylic acids is 2. The Balaban J connectivity index is 1.68. The van der Waals surface area contributed by atoms with Gasteiger partial charge >= 0.3 is 0 Å². The lowest BCUT2D eigenvalue weighted by atomic mass is 9.70. The van der Waals surface area contributed by atoms with Crippen LogP contribution in [0.4, 0.5) is 0 Å². The Labute approximate surface area is 142 Å². The number of ketones is 2. The maximum absolute atomic E-state index is 12.3. The molecule has 3 rings (SSSR count). The molecular weight excluding hydrogens is 300 g/mol. The molecule has 126 valence electrons. The number of carbonyl (C=O) groups is 2. The van der Waals surface area contributed by atoms with Gasteiger partial charge in [-0.25, -0.2) is 0 Å². The van der Waals surface area contributed by atoms with Crippen molar-refractivity contribution < 1.29 is 9.59 Å². The normalized spacial score (nSPS) is 19.2. The number of nitrogens with one attached hydrogen (secondary N) is 1. The fraction of sp³-hybridized carbons (Fsp3) is 0.450. The van der Waals surface area contributed by atoms with Gasteiger partial charge in [0.1, 0.15) is 17.5 Å². The van der Waals surface area contributed by atoms with Crippen LogP contribution >= 0.6 is 0 Å². The van der Waals surface area contributed by atoms with Gasteiger partial charge < -0.3 is 4.98 Å². The minimum absolute atomic E-state index is 0.0181. The summed E-state index contributed by atoms with van der Waals surface area (Å²) in [6.07, 6.45) is 3.72. The lowest BCUT2D eigenvalue weighted by Gasteiger charge is -2.31. The summed E-state index contributed by atoms with van der Waals surface area (Å²) in [5.41, 5.74) is 2.78. The van der Waals surface area contributed by atoms with Crippen LogP contribution in [0.15, 0.2) is 35.5 Å². The van der Waals surface area contributed by atoms with E-state index < -0.39 is 5.92 Å². The average molecular weight is 324 g/mol. The zero-order valence-corrected chi connectivity index (χ0v) is 14.6. The number of aromatic nitrogens is 1. The molecule has 0 unspecified atom stereocenters. The van der Waals surface area contributed by atoms with Crippen LogP contribution in [0, 0.1) is 11.3 Å². The monoisotopic (exact) mass is 324 g/mol. The van der Waals surface area contributed by atoms with Crippen LogP contribution in [0.5, 0.6) is 0 Å². The quantitative estimate of drug-likeness (QED) is 0.688. The van der Waals surface area contributed by atoms with Crippen molar-refractivity contribution in [3.8, 4) is 0 Å². The molecular formula is C20H24N2O2. The number of rotatable bonds is 4. The molecule has 0 amide bonds. The molecule has 0 aliphatic heterocycles. The standard InChI is InChI=1S/C20H24N2O2/c1-13(19-17(23)10-20(2,3)11-18(19)24)21-9-8-14-12-22-16-7-5-4-6-15(14)16/h4-7,12,19,22H,8-11H2,1-3H3. The van der Waals surface area contributed by atoms with Gasteiger partial charge in [-0.1, -0.05) is 32.0 Å². The summed E-state index contributed by atoms with van der Waals surface area (Å²) in [6.45, 7) is 6.35. The number of para-hydroxylation sites is 1. The van der Waals surface area contributed by atoms with Crippen LogP contribution in [0.25, 0.3) is 10.9 Å². The zero-order valence-electron chi connectivity index (χ0n) is 14.6. The third-order valence-corrected chi connectivity index (χ3v) is 4.78. The first-order chi connectivity index (χ1) is 11.4. The molecule has 1 aromatic heterocycles. The SMILES string of the molecule is CC(=NCCc1c[nH]c2ccccc12)C1C(=O)CC(C)(C)CC1=O. The number of aliphatic imine (C=N–C) groups is 1. The summed E-state index contributed by atoms with van der Waals surface area (Å²) in [5, 5.41) is 1.21. The van der Waals surface area contributed by atoms with E-state index in [1.54, 1.807) is 0 Å². The van der Waals surface area contributed by atoms with Gasteiger partial charge in [0.05, 0.1) is 0 Å². The van der Waals surface area contributed by atoms with Crippen molar-refractivity contribution in [1.82, 2.24) is 4.98 Å². The molecule has 2 aromatic rings. The van der Waals surface area contributed by atoms with Gasteiger partial charge in [-0.15, -0.1) is 0 Å². The molecule has 0 atom stereocenters. The van der Waals surface area contributed by atoms with Crippen molar-refractivity contribution >= 4 is 28.2 Å². The second-order valence-corrected chi connectivity index (χ2v) is 7.52. The van der Waals surface area contributed by atoms with Crippen molar-refractivity contribution in [3.05, 3.63) is 36.0 Å². The van der Waals surface area contributed by atoms with E-state index in [1.807, 2.05) is 39.1 Å². The maximum Gasteiger partial charge on any atom is 0.149 e. The van der Waals surface area contributed by atoms with Crippen LogP contribution in [-0.4, -0.2) is 28.8 Å². The Morgan fingerprint density at radius 2 is 1.88 bits per heavy atom. The Morgan fingerprint density at radius 3 is 2.58 bits per heavy atom. The molecule has 1 aliphatic carbocycles. The van der Waals surface area contributed by atoms with Crippen molar-refractivity contribution in [2.75, 3.05) is 6.54 Å². The second-order valence-electron chi connectivity index (χ2n) is 7.52. The molecule has 0 radical (unpaired) electrons. The van der Waals surface area contributed by atoms with E-state index in [1.165, 1.54) is 10.9 Å². The highest BCUT2D eigenvalue weighted by Gasteiger charge is 2.40. The lowest BCUT2D eigenvalue weighted by Crippen LogP contribution is -2.41. The summed E-state index contributed by atoms with van der Waals surface area (Å²) in [4.78, 5) is 32.4. The lowest BCUT2D eigenvalue weighted by molar-refractivity contribution is -0.136. The van der Waals surface area contributed by atoms with Gasteiger partial charge in [-0.3, -0.25) is 14.6 Å². The van der Waals surface area contributed by atoms with Crippen LogP contribution in [0.2, 0.25) is 0 Å². The van der Waals surface area contributed by atoms with Crippen LogP contribution in [0.1, 0.15) is 39.2 Å². The molecule has 1 aliphatic rings. The van der Waals surface area contributed by atoms with Gasteiger partial charge in [0, 0.05) is 42.2 Å². The number of hydrogen-bond acceptors (Lipinski definition) is 3. The highest BCUT2D eigenvalue weighted by atomic mass is 16.2. The highest BCUT2D eigenvalue weighted by molar-refractivity contribution is 6.21. The first kappa shape index (κ1) is 16.6. The molecule has 1 fully saturated rings. The molecule has 0 saturated heterocycles. The summed E-state index contributed by atoms with van der Waals surface area (Å²) in [5.74, 6) is -0.588. The fourth-order valence-corrected chi connectivity index (χ4v) is 3.64. The van der Waals surface area contributed by atoms with Gasteiger partial charge in [0.25, 0.3) is 0 Å². The van der Waals surface area contributed by atoms with Crippen LogP contribution in [0.3, 0.4) is 0 Å². The van der Waals surface area contributed by atoms with Gasteiger partial charge in [-0.05, 0) is 30.4 Å². The van der Waals surface area contributed by atoms with E-state index in [9.17, 15) is 9.59 Å². The average Bonchev–Trinajstić information content (AvgIpc) is 2.88. The minimum atomic E-state index is -0.624. The third kappa shape index (κ3) is 3.32. The highest BCUT2D eigenvalue weighted by Crippen LogP contribution is 2.34. The molecule has 4 nitrogen and oxygen atoms in total. The fourth-order valence-electron chi connectivity index (χ4n) is 3.64. The number of H-pyrrole nitrogens is 1. The molecule has 1 N–H and O–H groups in total. The van der Waals surface area contributed by atoms with Crippen molar-refractivity contribution in [2.24, 2.45) is 16.3 Å². The van der Waals surface area contributed by atoms with Gasteiger partial charge in [0.15, 0.2) is 0 Å². The Hall–Kier alpha value is -2.23.